The first-order valence-corrected chi connectivity index (χ1v) is 12.3. The molecule has 3 aliphatic carbocycles. The molecule has 4 rings (SSSR count). The van der Waals surface area contributed by atoms with E-state index >= 15 is 0 Å². The highest BCUT2D eigenvalue weighted by Crippen LogP contribution is 2.39. The topological polar surface area (TPSA) is 41.9 Å². The monoisotopic (exact) mass is 376 g/mol. The van der Waals surface area contributed by atoms with Crippen LogP contribution in [0.25, 0.3) is 0 Å². The van der Waals surface area contributed by atoms with Crippen LogP contribution < -0.4 is 5.32 Å². The van der Waals surface area contributed by atoms with Gasteiger partial charge in [0.2, 0.25) is 5.91 Å². The van der Waals surface area contributed by atoms with Gasteiger partial charge in [0.1, 0.15) is 0 Å². The summed E-state index contributed by atoms with van der Waals surface area (Å²) in [7, 11) is 0. The van der Waals surface area contributed by atoms with E-state index in [-0.39, 0.29) is 5.92 Å². The fourth-order valence-corrected chi connectivity index (χ4v) is 6.49. The van der Waals surface area contributed by atoms with Gasteiger partial charge in [-0.3, -0.25) is 4.79 Å². The van der Waals surface area contributed by atoms with Crippen LogP contribution in [0.1, 0.15) is 109 Å². The van der Waals surface area contributed by atoms with E-state index < -0.39 is 0 Å². The normalized spacial score (nSPS) is 35.0. The first-order chi connectivity index (χ1) is 13.3. The number of ether oxygens (including phenoxy) is 1. The van der Waals surface area contributed by atoms with Gasteiger partial charge >= 0.3 is 0 Å². The van der Waals surface area contributed by atoms with Crippen LogP contribution in [0.4, 0.5) is 0 Å². The summed E-state index contributed by atoms with van der Waals surface area (Å²) in [6.45, 7) is 0. The Hall–Kier alpha value is -0.570. The van der Waals surface area contributed by atoms with Gasteiger partial charge in [-0.1, -0.05) is 57.8 Å². The quantitative estimate of drug-likeness (QED) is 0.667. The second kappa shape index (κ2) is 9.76. The zero-order valence-electron chi connectivity index (χ0n) is 17.3. The predicted octanol–water partition coefficient (Wildman–Crippen LogP) is 5.27. The molecule has 1 saturated heterocycles. The van der Waals surface area contributed by atoms with Crippen molar-refractivity contribution in [3.63, 3.8) is 0 Å². The fraction of sp³-hybridized carbons (Fsp3) is 0.958. The summed E-state index contributed by atoms with van der Waals surface area (Å²) in [5.41, 5.74) is 0. The van der Waals surface area contributed by atoms with Crippen LogP contribution in [-0.2, 0) is 4.79 Å². The van der Waals surface area contributed by atoms with Gasteiger partial charge in [-0.15, -0.1) is 0 Å². The molecule has 4 aliphatic rings. The van der Waals surface area contributed by atoms with Gasteiger partial charge in [-0.2, -0.15) is 0 Å². The van der Waals surface area contributed by atoms with Gasteiger partial charge in [0.25, 0.3) is 0 Å². The molecule has 2 unspecified atom stereocenters. The van der Waals surface area contributed by atoms with Gasteiger partial charge in [0.15, 0.2) is 12.2 Å². The molecular weight excluding hydrogens is 334 g/mol. The molecule has 2 N–H and O–H groups in total. The molecule has 0 radical (unpaired) electrons. The SMILES string of the molecule is O=C(NC1CCCCC1)C1CC(C2CCCCC2)[OH+]C(C2CCCCC2)C1. The Bertz CT molecular complexity index is 435. The number of hydrogen-bond donors (Lipinski definition) is 1. The molecule has 154 valence electrons. The van der Waals surface area contributed by atoms with Crippen LogP contribution in [0.5, 0.6) is 0 Å². The lowest BCUT2D eigenvalue weighted by Gasteiger charge is -2.40. The van der Waals surface area contributed by atoms with Crippen LogP contribution in [0.2, 0.25) is 0 Å². The molecular formula is C24H42NO2+. The summed E-state index contributed by atoms with van der Waals surface area (Å²) < 4.78 is 5.43. The Kier molecular flexibility index (Phi) is 7.13. The molecule has 1 heterocycles. The Labute approximate surface area is 166 Å². The van der Waals surface area contributed by atoms with E-state index in [1.165, 1.54) is 96.3 Å². The van der Waals surface area contributed by atoms with Crippen LogP contribution >= 0.6 is 0 Å². The second-order valence-electron chi connectivity index (χ2n) is 10.1. The van der Waals surface area contributed by atoms with Crippen molar-refractivity contribution >= 4 is 5.91 Å². The van der Waals surface area contributed by atoms with Gasteiger partial charge in [0.05, 0.1) is 5.92 Å². The molecule has 3 nitrogen and oxygen atoms in total. The van der Waals surface area contributed by atoms with Gasteiger partial charge in [-0.25, -0.2) is 0 Å². The number of amides is 1. The van der Waals surface area contributed by atoms with E-state index in [9.17, 15) is 4.79 Å². The van der Waals surface area contributed by atoms with Crippen molar-refractivity contribution in [1.29, 1.82) is 0 Å². The zero-order chi connectivity index (χ0) is 18.5. The summed E-state index contributed by atoms with van der Waals surface area (Å²) in [4.78, 5) is 13.2. The molecule has 4 fully saturated rings. The number of nitrogens with one attached hydrogen (secondary N) is 1. The summed E-state index contributed by atoms with van der Waals surface area (Å²) >= 11 is 0. The molecule has 1 aliphatic heterocycles. The van der Waals surface area contributed by atoms with Crippen LogP contribution in [-0.4, -0.2) is 28.9 Å². The van der Waals surface area contributed by atoms with Crippen molar-refractivity contribution in [1.82, 2.24) is 5.32 Å². The molecule has 3 saturated carbocycles. The zero-order valence-corrected chi connectivity index (χ0v) is 17.3. The molecule has 0 spiro atoms. The minimum atomic E-state index is 0.225. The minimum absolute atomic E-state index is 0.225. The lowest BCUT2D eigenvalue weighted by atomic mass is 9.75. The summed E-state index contributed by atoms with van der Waals surface area (Å²) in [5.74, 6) is 2.12. The fourth-order valence-electron chi connectivity index (χ4n) is 6.49. The first-order valence-electron chi connectivity index (χ1n) is 12.3. The van der Waals surface area contributed by atoms with Crippen LogP contribution in [0.3, 0.4) is 0 Å². The third-order valence-electron chi connectivity index (χ3n) is 8.15. The maximum atomic E-state index is 13.2. The van der Waals surface area contributed by atoms with E-state index in [1.54, 1.807) is 0 Å². The lowest BCUT2D eigenvalue weighted by molar-refractivity contribution is -0.240. The molecule has 0 aromatic rings. The standard InChI is InChI=1S/C24H41NO2/c26-24(25-21-14-8-3-9-15-21)20-16-22(18-10-4-1-5-11-18)27-23(17-20)19-12-6-2-7-13-19/h18-23H,1-17H2,(H,25,26)/p+1. The second-order valence-corrected chi connectivity index (χ2v) is 10.1. The number of rotatable bonds is 4. The largest absolute Gasteiger partial charge is 0.429 e. The molecule has 0 aromatic heterocycles. The van der Waals surface area contributed by atoms with Crippen molar-refractivity contribution in [3.05, 3.63) is 0 Å². The van der Waals surface area contributed by atoms with Crippen molar-refractivity contribution in [2.24, 2.45) is 17.8 Å². The van der Waals surface area contributed by atoms with E-state index in [2.05, 4.69) is 5.32 Å². The first kappa shape index (κ1) is 19.7. The number of carbonyl (C=O) groups is 1. The smallest absolute Gasteiger partial charge is 0.223 e. The molecule has 27 heavy (non-hydrogen) atoms. The summed E-state index contributed by atoms with van der Waals surface area (Å²) in [6, 6.07) is 0.450. The van der Waals surface area contributed by atoms with E-state index in [0.29, 0.717) is 24.2 Å². The lowest BCUT2D eigenvalue weighted by Crippen LogP contribution is -2.50. The highest BCUT2D eigenvalue weighted by Gasteiger charge is 2.44. The molecule has 0 aromatic carbocycles. The predicted molar refractivity (Wildman–Crippen MR) is 111 cm³/mol. The number of carbonyl (C=O) groups excluding carboxylic acids is 1. The maximum Gasteiger partial charge on any atom is 0.223 e. The average molecular weight is 377 g/mol. The Balaban J connectivity index is 1.41. The van der Waals surface area contributed by atoms with Gasteiger partial charge in [-0.05, 0) is 38.5 Å². The van der Waals surface area contributed by atoms with Gasteiger partial charge < -0.3 is 10.1 Å². The van der Waals surface area contributed by atoms with Crippen LogP contribution in [0, 0.1) is 17.8 Å². The van der Waals surface area contributed by atoms with Crippen molar-refractivity contribution in [2.75, 3.05) is 0 Å². The highest BCUT2D eigenvalue weighted by molar-refractivity contribution is 5.79. The minimum Gasteiger partial charge on any atom is -0.429 e. The third-order valence-corrected chi connectivity index (χ3v) is 8.15. The average Bonchev–Trinajstić information content (AvgIpc) is 2.75. The van der Waals surface area contributed by atoms with Crippen molar-refractivity contribution in [3.8, 4) is 0 Å². The van der Waals surface area contributed by atoms with E-state index in [0.717, 1.165) is 24.7 Å². The number of hydrogen-bond acceptors (Lipinski definition) is 1. The van der Waals surface area contributed by atoms with Gasteiger partial charge in [0, 0.05) is 30.7 Å². The molecule has 0 bridgehead atoms. The Morgan fingerprint density at radius 1 is 0.630 bits per heavy atom. The van der Waals surface area contributed by atoms with Crippen molar-refractivity contribution in [2.45, 2.75) is 127 Å². The molecule has 3 heteroatoms. The van der Waals surface area contributed by atoms with E-state index in [4.69, 9.17) is 4.74 Å². The Morgan fingerprint density at radius 2 is 1.07 bits per heavy atom. The molecule has 2 atom stereocenters. The van der Waals surface area contributed by atoms with Crippen molar-refractivity contribution < 1.29 is 9.53 Å². The summed E-state index contributed by atoms with van der Waals surface area (Å²) in [6.07, 6.45) is 23.0. The summed E-state index contributed by atoms with van der Waals surface area (Å²) in [5, 5.41) is 3.45. The number of aliphatic hydroxyl groups is 2. The molecule has 1 amide bonds. The maximum absolute atomic E-state index is 13.2. The van der Waals surface area contributed by atoms with Crippen LogP contribution in [0.15, 0.2) is 0 Å². The highest BCUT2D eigenvalue weighted by atomic mass is 16.5. The third kappa shape index (κ3) is 5.28. The van der Waals surface area contributed by atoms with E-state index in [1.807, 2.05) is 0 Å². The Morgan fingerprint density at radius 3 is 1.56 bits per heavy atom.